The van der Waals surface area contributed by atoms with Crippen molar-refractivity contribution in [3.8, 4) is 66.8 Å². The van der Waals surface area contributed by atoms with Crippen molar-refractivity contribution in [2.75, 3.05) is 0 Å². The van der Waals surface area contributed by atoms with E-state index in [-0.39, 0.29) is 0 Å². The maximum Gasteiger partial charge on any atom is 0.0349 e. The van der Waals surface area contributed by atoms with Gasteiger partial charge in [-0.05, 0) is 155 Å². The number of thiophene rings is 2. The molecule has 13 aromatic carbocycles. The van der Waals surface area contributed by atoms with Crippen LogP contribution in [0, 0.1) is 0 Å². The van der Waals surface area contributed by atoms with Crippen LogP contribution >= 0.6 is 22.7 Å². The van der Waals surface area contributed by atoms with E-state index in [9.17, 15) is 0 Å². The van der Waals surface area contributed by atoms with Crippen molar-refractivity contribution in [3.63, 3.8) is 0 Å². The van der Waals surface area contributed by atoms with Crippen LogP contribution in [0.3, 0.4) is 0 Å². The molecule has 2 heterocycles. The van der Waals surface area contributed by atoms with Crippen LogP contribution in [0.4, 0.5) is 0 Å². The number of fused-ring (bicyclic) bond motifs is 2. The zero-order valence-electron chi connectivity index (χ0n) is 36.8. The molecule has 0 atom stereocenters. The van der Waals surface area contributed by atoms with Crippen molar-refractivity contribution in [2.24, 2.45) is 0 Å². The van der Waals surface area contributed by atoms with E-state index in [0.29, 0.717) is 0 Å². The standard InChI is InChI=1S/C66H38S2/c1-3-13-61-53(11-1)59(37-67-61)51-29-21-43-23-31-55-49(27-19-41-25-33-57(51)65(43)63(41)55)47-9-5-7-45(35-47)39-15-17-40(18-16-39)46-8-6-10-48(36-46)50-28-20-42-26-34-58-52(60-38-68-62-14-4-2-12-54(60)62)30-22-44-24-32-56(50)64(42)66(44)58/h1-38H. The second kappa shape index (κ2) is 14.7. The highest BCUT2D eigenvalue weighted by atomic mass is 32.1. The fourth-order valence-electron chi connectivity index (χ4n) is 11.5. The highest BCUT2D eigenvalue weighted by Gasteiger charge is 2.19. The molecule has 0 aliphatic rings. The average Bonchev–Trinajstić information content (AvgIpc) is 4.04. The van der Waals surface area contributed by atoms with Crippen molar-refractivity contribution in [1.29, 1.82) is 0 Å². The largest absolute Gasteiger partial charge is 0.143 e. The molecule has 0 aliphatic heterocycles. The van der Waals surface area contributed by atoms with E-state index >= 15 is 0 Å². The number of hydrogen-bond acceptors (Lipinski definition) is 2. The summed E-state index contributed by atoms with van der Waals surface area (Å²) >= 11 is 3.66. The normalized spacial score (nSPS) is 12.1. The van der Waals surface area contributed by atoms with Gasteiger partial charge in [0.25, 0.3) is 0 Å². The Kier molecular flexibility index (Phi) is 8.21. The Morgan fingerprint density at radius 3 is 0.956 bits per heavy atom. The molecule has 0 amide bonds. The van der Waals surface area contributed by atoms with Gasteiger partial charge >= 0.3 is 0 Å². The van der Waals surface area contributed by atoms with E-state index < -0.39 is 0 Å². The van der Waals surface area contributed by atoms with Gasteiger partial charge < -0.3 is 0 Å². The lowest BCUT2D eigenvalue weighted by molar-refractivity contribution is 1.58. The van der Waals surface area contributed by atoms with Crippen LogP contribution in [-0.4, -0.2) is 0 Å². The summed E-state index contributed by atoms with van der Waals surface area (Å²) in [7, 11) is 0. The van der Waals surface area contributed by atoms with Gasteiger partial charge in [0.15, 0.2) is 0 Å². The lowest BCUT2D eigenvalue weighted by atomic mass is 9.86. The van der Waals surface area contributed by atoms with E-state index in [2.05, 4.69) is 229 Å². The summed E-state index contributed by atoms with van der Waals surface area (Å²) in [4.78, 5) is 0. The molecular weight excluding hydrogens is 857 g/mol. The average molecular weight is 895 g/mol. The molecule has 0 nitrogen and oxygen atoms in total. The predicted molar refractivity (Wildman–Crippen MR) is 297 cm³/mol. The molecule has 0 saturated carbocycles. The Hall–Kier alpha value is -8.14. The van der Waals surface area contributed by atoms with E-state index in [4.69, 9.17) is 0 Å². The van der Waals surface area contributed by atoms with E-state index in [1.807, 2.05) is 22.7 Å². The molecular formula is C66H38S2. The summed E-state index contributed by atoms with van der Waals surface area (Å²) < 4.78 is 2.65. The maximum atomic E-state index is 2.37. The second-order valence-electron chi connectivity index (χ2n) is 18.3. The number of benzene rings is 13. The minimum Gasteiger partial charge on any atom is -0.143 e. The fraction of sp³-hybridized carbons (Fsp3) is 0. The SMILES string of the molecule is c1cc(-c2ccc(-c3cccc(-c4ccc5ccc6c(-c7csc8ccccc78)ccc7ccc4c5c76)c3)cc2)cc(-c2ccc3ccc4c(-c5csc6ccccc56)ccc5ccc2c3c54)c1. The van der Waals surface area contributed by atoms with Gasteiger partial charge in [-0.3, -0.25) is 0 Å². The summed E-state index contributed by atoms with van der Waals surface area (Å²) in [5.74, 6) is 0. The molecule has 0 aliphatic carbocycles. The Morgan fingerprint density at radius 1 is 0.206 bits per heavy atom. The number of hydrogen-bond donors (Lipinski definition) is 0. The van der Waals surface area contributed by atoms with Gasteiger partial charge in [0, 0.05) is 31.3 Å². The first kappa shape index (κ1) is 38.0. The zero-order valence-corrected chi connectivity index (χ0v) is 38.4. The third-order valence-electron chi connectivity index (χ3n) is 14.8. The second-order valence-corrected chi connectivity index (χ2v) is 20.1. The molecule has 0 spiro atoms. The van der Waals surface area contributed by atoms with E-state index in [0.717, 1.165) is 0 Å². The molecule has 0 bridgehead atoms. The summed E-state index contributed by atoms with van der Waals surface area (Å²) in [5, 5.41) is 23.0. The van der Waals surface area contributed by atoms with Crippen molar-refractivity contribution in [2.45, 2.75) is 0 Å². The molecule has 0 fully saturated rings. The van der Waals surface area contributed by atoms with Gasteiger partial charge in [0.05, 0.1) is 0 Å². The Morgan fingerprint density at radius 2 is 0.544 bits per heavy atom. The van der Waals surface area contributed by atoms with Gasteiger partial charge in [0.1, 0.15) is 0 Å². The monoisotopic (exact) mass is 894 g/mol. The first-order valence-corrected chi connectivity index (χ1v) is 25.1. The molecule has 2 aromatic heterocycles. The lowest BCUT2D eigenvalue weighted by Gasteiger charge is -2.17. The molecule has 0 N–H and O–H groups in total. The topological polar surface area (TPSA) is 0 Å². The van der Waals surface area contributed by atoms with Crippen LogP contribution < -0.4 is 0 Å². The number of rotatable bonds is 6. The molecule has 314 valence electrons. The summed E-state index contributed by atoms with van der Waals surface area (Å²) in [6.45, 7) is 0. The van der Waals surface area contributed by atoms with Crippen LogP contribution in [0.25, 0.3) is 152 Å². The van der Waals surface area contributed by atoms with Crippen LogP contribution in [0.1, 0.15) is 0 Å². The molecule has 2 heteroatoms. The predicted octanol–water partition coefficient (Wildman–Crippen LogP) is 19.9. The molecule has 68 heavy (non-hydrogen) atoms. The van der Waals surface area contributed by atoms with Gasteiger partial charge in [-0.1, -0.05) is 194 Å². The smallest absolute Gasteiger partial charge is 0.0349 e. The Bertz CT molecular complexity index is 4200. The quantitative estimate of drug-likeness (QED) is 0.146. The first-order valence-electron chi connectivity index (χ1n) is 23.4. The van der Waals surface area contributed by atoms with Crippen LogP contribution in [0.2, 0.25) is 0 Å². The van der Waals surface area contributed by atoms with Crippen molar-refractivity contribution in [3.05, 3.63) is 229 Å². The van der Waals surface area contributed by atoms with Crippen LogP contribution in [-0.2, 0) is 0 Å². The van der Waals surface area contributed by atoms with Gasteiger partial charge in [-0.25, -0.2) is 0 Å². The van der Waals surface area contributed by atoms with Crippen molar-refractivity contribution < 1.29 is 0 Å². The molecule has 0 saturated heterocycles. The Balaban J connectivity index is 0.776. The third-order valence-corrected chi connectivity index (χ3v) is 16.7. The Labute approximate surface area is 400 Å². The molecule has 15 rings (SSSR count). The maximum absolute atomic E-state index is 2.37. The van der Waals surface area contributed by atoms with Gasteiger partial charge in [0.2, 0.25) is 0 Å². The molecule has 0 unspecified atom stereocenters. The minimum absolute atomic E-state index is 1.21. The summed E-state index contributed by atoms with van der Waals surface area (Å²) in [6, 6.07) is 81.9. The first-order chi connectivity index (χ1) is 33.7. The molecule has 0 radical (unpaired) electrons. The van der Waals surface area contributed by atoms with Crippen LogP contribution in [0.15, 0.2) is 229 Å². The highest BCUT2D eigenvalue weighted by molar-refractivity contribution is 7.18. The van der Waals surface area contributed by atoms with Crippen LogP contribution in [0.5, 0.6) is 0 Å². The highest BCUT2D eigenvalue weighted by Crippen LogP contribution is 2.47. The van der Waals surface area contributed by atoms with Crippen molar-refractivity contribution in [1.82, 2.24) is 0 Å². The van der Waals surface area contributed by atoms with Crippen molar-refractivity contribution >= 4 is 107 Å². The van der Waals surface area contributed by atoms with Gasteiger partial charge in [-0.2, -0.15) is 0 Å². The van der Waals surface area contributed by atoms with E-state index in [1.165, 1.54) is 152 Å². The summed E-state index contributed by atoms with van der Waals surface area (Å²) in [6.07, 6.45) is 0. The van der Waals surface area contributed by atoms with E-state index in [1.54, 1.807) is 0 Å². The molecule has 15 aromatic rings. The summed E-state index contributed by atoms with van der Waals surface area (Å²) in [5.41, 5.74) is 15.1. The third kappa shape index (κ3) is 5.66. The fourth-order valence-corrected chi connectivity index (χ4v) is 13.5. The van der Waals surface area contributed by atoms with Gasteiger partial charge in [-0.15, -0.1) is 22.7 Å². The lowest BCUT2D eigenvalue weighted by Crippen LogP contribution is -1.90. The zero-order chi connectivity index (χ0) is 44.5. The minimum atomic E-state index is 1.21.